The summed E-state index contributed by atoms with van der Waals surface area (Å²) in [7, 11) is 1.98. The number of hydrogen-bond acceptors (Lipinski definition) is 5. The minimum atomic E-state index is -0.287. The fourth-order valence-electron chi connectivity index (χ4n) is 6.92. The first-order chi connectivity index (χ1) is 19.0. The molecule has 2 aliphatic rings. The summed E-state index contributed by atoms with van der Waals surface area (Å²) in [5, 5.41) is 0. The molecule has 8 nitrogen and oxygen atoms in total. The molecule has 0 bridgehead atoms. The number of nitrogens with one attached hydrogen (secondary N) is 1. The van der Waals surface area contributed by atoms with Crippen LogP contribution >= 0.6 is 15.9 Å². The molecule has 0 saturated heterocycles. The number of aromatic nitrogens is 5. The molecule has 0 radical (unpaired) electrons. The van der Waals surface area contributed by atoms with Gasteiger partial charge in [-0.05, 0) is 85.2 Å². The minimum absolute atomic E-state index is 0.105. The van der Waals surface area contributed by atoms with Crippen LogP contribution in [0.3, 0.4) is 0 Å². The Hall–Kier alpha value is -2.94. The smallest absolute Gasteiger partial charge is 0.354 e. The van der Waals surface area contributed by atoms with Crippen LogP contribution in [0.25, 0.3) is 11.2 Å². The number of allylic oxidation sites excluding steroid dienone is 3. The molecule has 40 heavy (non-hydrogen) atoms. The SMILES string of the molecule is C/C(=C\Cn1c[n+](C)c2ncnc(N)c21)CC[C@@]1(C)C2=C(CC[C@@H]1C)[C@](C)(COC(=O)c1cc(Br)c[nH]1)CCC2. The van der Waals surface area contributed by atoms with Gasteiger partial charge in [0.2, 0.25) is 5.52 Å². The van der Waals surface area contributed by atoms with Crippen molar-refractivity contribution in [2.45, 2.75) is 79.2 Å². The molecule has 0 amide bonds. The van der Waals surface area contributed by atoms with Crippen LogP contribution < -0.4 is 10.3 Å². The van der Waals surface area contributed by atoms with Crippen molar-refractivity contribution >= 4 is 38.9 Å². The van der Waals surface area contributed by atoms with Gasteiger partial charge in [0, 0.05) is 16.1 Å². The average Bonchev–Trinajstić information content (AvgIpc) is 3.51. The van der Waals surface area contributed by atoms with Gasteiger partial charge in [0.15, 0.2) is 18.5 Å². The number of fused-ring (bicyclic) bond motifs is 1. The van der Waals surface area contributed by atoms with Crippen molar-refractivity contribution in [3.63, 3.8) is 0 Å². The van der Waals surface area contributed by atoms with Crippen molar-refractivity contribution < 1.29 is 14.1 Å². The number of ether oxygens (including phenoxy) is 1. The number of hydrogen-bond donors (Lipinski definition) is 2. The highest BCUT2D eigenvalue weighted by molar-refractivity contribution is 9.10. The Labute approximate surface area is 245 Å². The number of rotatable bonds is 8. The maximum Gasteiger partial charge on any atom is 0.354 e. The molecule has 3 N–H and O–H groups in total. The Morgan fingerprint density at radius 2 is 2.12 bits per heavy atom. The van der Waals surface area contributed by atoms with Crippen molar-refractivity contribution in [1.82, 2.24) is 19.5 Å². The van der Waals surface area contributed by atoms with E-state index in [1.807, 2.05) is 17.9 Å². The largest absolute Gasteiger partial charge is 0.460 e. The van der Waals surface area contributed by atoms with E-state index in [9.17, 15) is 4.79 Å². The van der Waals surface area contributed by atoms with Gasteiger partial charge in [0.25, 0.3) is 0 Å². The summed E-state index contributed by atoms with van der Waals surface area (Å²) >= 11 is 3.40. The predicted octanol–water partition coefficient (Wildman–Crippen LogP) is 6.44. The molecule has 3 atom stereocenters. The van der Waals surface area contributed by atoms with Crippen molar-refractivity contribution in [3.05, 3.63) is 57.9 Å². The van der Waals surface area contributed by atoms with E-state index in [2.05, 4.69) is 69.2 Å². The van der Waals surface area contributed by atoms with E-state index < -0.39 is 0 Å². The zero-order chi connectivity index (χ0) is 28.7. The van der Waals surface area contributed by atoms with E-state index in [0.717, 1.165) is 60.7 Å². The van der Waals surface area contributed by atoms with Gasteiger partial charge >= 0.3 is 11.6 Å². The van der Waals surface area contributed by atoms with E-state index >= 15 is 0 Å². The molecule has 2 aliphatic carbocycles. The second-order valence-corrected chi connectivity index (χ2v) is 13.3. The van der Waals surface area contributed by atoms with E-state index in [-0.39, 0.29) is 16.8 Å². The van der Waals surface area contributed by atoms with Gasteiger partial charge in [-0.1, -0.05) is 48.6 Å². The molecule has 3 aromatic heterocycles. The number of aromatic amines is 1. The van der Waals surface area contributed by atoms with E-state index in [1.54, 1.807) is 23.4 Å². The number of aryl methyl sites for hydroxylation is 1. The number of halogens is 1. The summed E-state index contributed by atoms with van der Waals surface area (Å²) in [4.78, 5) is 24.3. The van der Waals surface area contributed by atoms with E-state index in [0.29, 0.717) is 24.0 Å². The lowest BCUT2D eigenvalue weighted by atomic mass is 9.55. The summed E-state index contributed by atoms with van der Waals surface area (Å²) in [6.07, 6.45) is 15.4. The van der Waals surface area contributed by atoms with Crippen LogP contribution in [0.15, 0.2) is 52.2 Å². The minimum Gasteiger partial charge on any atom is -0.460 e. The van der Waals surface area contributed by atoms with Crippen molar-refractivity contribution in [2.24, 2.45) is 23.8 Å². The van der Waals surface area contributed by atoms with Gasteiger partial charge in [0.1, 0.15) is 12.3 Å². The van der Waals surface area contributed by atoms with Gasteiger partial charge in [-0.15, -0.1) is 0 Å². The highest BCUT2D eigenvalue weighted by Crippen LogP contribution is 2.57. The summed E-state index contributed by atoms with van der Waals surface area (Å²) in [6.45, 7) is 10.6. The molecule has 0 aliphatic heterocycles. The number of H-pyrrole nitrogens is 1. The zero-order valence-electron chi connectivity index (χ0n) is 24.4. The predicted molar refractivity (Wildman–Crippen MR) is 160 cm³/mol. The molecule has 3 aromatic rings. The van der Waals surface area contributed by atoms with Crippen molar-refractivity contribution in [3.8, 4) is 0 Å². The fourth-order valence-corrected chi connectivity index (χ4v) is 7.26. The second kappa shape index (κ2) is 11.1. The maximum atomic E-state index is 12.7. The van der Waals surface area contributed by atoms with Crippen LogP contribution in [-0.4, -0.2) is 32.1 Å². The third-order valence-electron chi connectivity index (χ3n) is 9.68. The van der Waals surface area contributed by atoms with Crippen molar-refractivity contribution in [2.75, 3.05) is 12.3 Å². The standard InChI is InChI=1S/C31H41BrN6O2/c1-20(11-14-38-19-37(5)28-26(38)27(33)35-18-36-28)10-13-31(4)21(2)8-9-23-24(31)7-6-12-30(23,3)17-40-29(39)25-15-22(32)16-34-25/h11,15-16,18-19,21H,6-10,12-14,17H2,1-5H3,(H2-,33,34,35,36,39)/p+1/b20-11+/t21-,30-,31+/m0/s1. The first-order valence-corrected chi connectivity index (χ1v) is 15.2. The molecule has 214 valence electrons. The fraction of sp³-hybridized carbons (Fsp3) is 0.548. The number of imidazole rings is 1. The Balaban J connectivity index is 1.31. The number of nitrogen functional groups attached to an aromatic ring is 1. The Morgan fingerprint density at radius 1 is 1.32 bits per heavy atom. The summed E-state index contributed by atoms with van der Waals surface area (Å²) in [5.74, 6) is 0.834. The second-order valence-electron chi connectivity index (χ2n) is 12.4. The Kier molecular flexibility index (Phi) is 7.97. The lowest BCUT2D eigenvalue weighted by Crippen LogP contribution is -2.40. The summed E-state index contributed by atoms with van der Waals surface area (Å²) in [5.41, 5.74) is 13.0. The maximum absolute atomic E-state index is 12.7. The topological polar surface area (TPSA) is 103 Å². The number of esters is 1. The van der Waals surface area contributed by atoms with Crippen LogP contribution in [0.5, 0.6) is 0 Å². The van der Waals surface area contributed by atoms with Crippen LogP contribution in [0.2, 0.25) is 0 Å². The van der Waals surface area contributed by atoms with Gasteiger partial charge in [-0.3, -0.25) is 4.57 Å². The van der Waals surface area contributed by atoms with E-state index in [4.69, 9.17) is 10.5 Å². The van der Waals surface area contributed by atoms with Gasteiger partial charge in [-0.25, -0.2) is 9.36 Å². The third kappa shape index (κ3) is 5.37. The number of anilines is 1. The number of nitrogens with zero attached hydrogens (tertiary/aromatic N) is 4. The average molecular weight is 611 g/mol. The Morgan fingerprint density at radius 3 is 2.88 bits per heavy atom. The molecule has 0 unspecified atom stereocenters. The number of carbonyl (C=O) groups excluding carboxylic acids is 1. The molecule has 5 rings (SSSR count). The lowest BCUT2D eigenvalue weighted by Gasteiger charge is -2.50. The van der Waals surface area contributed by atoms with Crippen molar-refractivity contribution in [1.29, 1.82) is 0 Å². The highest BCUT2D eigenvalue weighted by atomic mass is 79.9. The number of nitrogens with two attached hydrogens (primary N) is 1. The third-order valence-corrected chi connectivity index (χ3v) is 10.1. The quantitative estimate of drug-likeness (QED) is 0.174. The van der Waals surface area contributed by atoms with Gasteiger partial charge in [-0.2, -0.15) is 4.98 Å². The van der Waals surface area contributed by atoms with Crippen LogP contribution in [0, 0.1) is 16.7 Å². The first-order valence-electron chi connectivity index (χ1n) is 14.4. The van der Waals surface area contributed by atoms with Crippen LogP contribution in [0.4, 0.5) is 5.82 Å². The molecule has 3 heterocycles. The lowest BCUT2D eigenvalue weighted by molar-refractivity contribution is -0.647. The molecule has 0 spiro atoms. The van der Waals surface area contributed by atoms with E-state index in [1.165, 1.54) is 18.3 Å². The first kappa shape index (κ1) is 28.6. The Bertz CT molecular complexity index is 1490. The molecular weight excluding hydrogens is 568 g/mol. The monoisotopic (exact) mass is 609 g/mol. The molecular formula is C31H42BrN6O2+. The molecule has 0 saturated carbocycles. The van der Waals surface area contributed by atoms with Crippen LogP contribution in [0.1, 0.15) is 83.1 Å². The molecule has 0 fully saturated rings. The van der Waals surface area contributed by atoms with Gasteiger partial charge < -0.3 is 15.5 Å². The molecule has 0 aromatic carbocycles. The normalized spacial score (nSPS) is 25.4. The zero-order valence-corrected chi connectivity index (χ0v) is 26.0. The summed E-state index contributed by atoms with van der Waals surface area (Å²) < 4.78 is 10.8. The molecule has 9 heteroatoms. The van der Waals surface area contributed by atoms with Crippen LogP contribution in [-0.2, 0) is 18.3 Å². The number of carbonyl (C=O) groups is 1. The van der Waals surface area contributed by atoms with Gasteiger partial charge in [0.05, 0.1) is 13.6 Å². The highest BCUT2D eigenvalue weighted by Gasteiger charge is 2.46. The summed E-state index contributed by atoms with van der Waals surface area (Å²) in [6, 6.07) is 1.77.